The molecule has 0 spiro atoms. The predicted octanol–water partition coefficient (Wildman–Crippen LogP) is 8.08. The summed E-state index contributed by atoms with van der Waals surface area (Å²) in [7, 11) is 0. The fourth-order valence-corrected chi connectivity index (χ4v) is 5.77. The first-order chi connectivity index (χ1) is 19.0. The van der Waals surface area contributed by atoms with E-state index in [0.717, 1.165) is 60.8 Å². The molecule has 5 heterocycles. The number of rotatable bonds is 2. The molecule has 6 heteroatoms. The van der Waals surface area contributed by atoms with Crippen molar-refractivity contribution in [1.29, 1.82) is 0 Å². The smallest absolute Gasteiger partial charge is 0.145 e. The molecule has 0 bridgehead atoms. The molecule has 0 aliphatic rings. The molecular formula is C33H25N5O. The summed E-state index contributed by atoms with van der Waals surface area (Å²) in [5.41, 5.74) is 5.37. The minimum absolute atomic E-state index is 0.0682. The third-order valence-corrected chi connectivity index (χ3v) is 7.74. The van der Waals surface area contributed by atoms with Crippen molar-refractivity contribution in [3.05, 3.63) is 103 Å². The van der Waals surface area contributed by atoms with E-state index in [4.69, 9.17) is 9.72 Å². The second-order valence-electron chi connectivity index (χ2n) is 11.1. The fraction of sp³-hybridized carbons (Fsp3) is 0.121. The maximum absolute atomic E-state index is 6.45. The van der Waals surface area contributed by atoms with Gasteiger partial charge in [-0.2, -0.15) is 0 Å². The van der Waals surface area contributed by atoms with E-state index in [0.29, 0.717) is 0 Å². The molecule has 6 nitrogen and oxygen atoms in total. The molecular weight excluding hydrogens is 482 g/mol. The Morgan fingerprint density at radius 2 is 1.18 bits per heavy atom. The van der Waals surface area contributed by atoms with Crippen molar-refractivity contribution >= 4 is 54.6 Å². The first kappa shape index (κ1) is 22.1. The van der Waals surface area contributed by atoms with E-state index >= 15 is 0 Å². The molecule has 8 rings (SSSR count). The van der Waals surface area contributed by atoms with Crippen molar-refractivity contribution in [1.82, 2.24) is 23.8 Å². The standard InChI is InChI=1S/C33H25N5O/c1-33(2,3)20-4-7-25-23-8-5-21(17-27(23)31-35-12-14-37(31)29(25)16-20)39-22-6-9-24-26-10-11-34-19-30(26)38-15-13-36-32(38)28(24)18-22/h4-19H,1-3H3. The van der Waals surface area contributed by atoms with Gasteiger partial charge in [0.2, 0.25) is 0 Å². The van der Waals surface area contributed by atoms with Crippen LogP contribution < -0.4 is 4.74 Å². The Bertz CT molecular complexity index is 2250. The summed E-state index contributed by atoms with van der Waals surface area (Å²) in [5, 5.41) is 6.71. The highest BCUT2D eigenvalue weighted by atomic mass is 16.5. The van der Waals surface area contributed by atoms with E-state index in [9.17, 15) is 0 Å². The van der Waals surface area contributed by atoms with Crippen LogP contribution >= 0.6 is 0 Å². The highest BCUT2D eigenvalue weighted by Gasteiger charge is 2.17. The Morgan fingerprint density at radius 1 is 0.590 bits per heavy atom. The number of fused-ring (bicyclic) bond motifs is 12. The number of pyridine rings is 3. The lowest BCUT2D eigenvalue weighted by molar-refractivity contribution is 0.484. The van der Waals surface area contributed by atoms with Gasteiger partial charge in [-0.3, -0.25) is 13.8 Å². The van der Waals surface area contributed by atoms with Crippen LogP contribution in [0.2, 0.25) is 0 Å². The van der Waals surface area contributed by atoms with E-state index < -0.39 is 0 Å². The van der Waals surface area contributed by atoms with Gasteiger partial charge in [-0.25, -0.2) is 9.97 Å². The van der Waals surface area contributed by atoms with E-state index in [1.54, 1.807) is 0 Å². The molecule has 3 aromatic carbocycles. The summed E-state index contributed by atoms with van der Waals surface area (Å²) in [6, 6.07) is 21.3. The summed E-state index contributed by atoms with van der Waals surface area (Å²) in [4.78, 5) is 13.7. The van der Waals surface area contributed by atoms with Gasteiger partial charge in [0.1, 0.15) is 22.8 Å². The molecule has 188 valence electrons. The van der Waals surface area contributed by atoms with E-state index in [1.165, 1.54) is 10.9 Å². The minimum Gasteiger partial charge on any atom is -0.457 e. The predicted molar refractivity (Wildman–Crippen MR) is 157 cm³/mol. The number of benzene rings is 3. The van der Waals surface area contributed by atoms with Crippen LogP contribution in [0.5, 0.6) is 11.5 Å². The topological polar surface area (TPSA) is 56.7 Å². The van der Waals surface area contributed by atoms with Crippen molar-refractivity contribution in [3.8, 4) is 11.5 Å². The van der Waals surface area contributed by atoms with Crippen LogP contribution in [0, 0.1) is 0 Å². The lowest BCUT2D eigenvalue weighted by Gasteiger charge is -2.20. The van der Waals surface area contributed by atoms with Crippen LogP contribution in [0.25, 0.3) is 54.6 Å². The lowest BCUT2D eigenvalue weighted by Crippen LogP contribution is -2.11. The average Bonchev–Trinajstić information content (AvgIpc) is 3.63. The Labute approximate surface area is 224 Å². The Hall–Kier alpha value is -4.97. The second kappa shape index (κ2) is 7.77. The van der Waals surface area contributed by atoms with Gasteiger partial charge in [-0.15, -0.1) is 0 Å². The van der Waals surface area contributed by atoms with Crippen molar-refractivity contribution in [2.45, 2.75) is 26.2 Å². The highest BCUT2D eigenvalue weighted by molar-refractivity contribution is 6.13. The van der Waals surface area contributed by atoms with Crippen LogP contribution in [-0.4, -0.2) is 23.8 Å². The third kappa shape index (κ3) is 3.24. The molecule has 0 amide bonds. The van der Waals surface area contributed by atoms with E-state index in [1.807, 2.05) is 55.4 Å². The van der Waals surface area contributed by atoms with Crippen molar-refractivity contribution in [3.63, 3.8) is 0 Å². The number of ether oxygens (including phenoxy) is 1. The van der Waals surface area contributed by atoms with Gasteiger partial charge in [0, 0.05) is 52.5 Å². The zero-order valence-corrected chi connectivity index (χ0v) is 21.9. The summed E-state index contributed by atoms with van der Waals surface area (Å²) in [6.07, 6.45) is 11.4. The average molecular weight is 508 g/mol. The lowest BCUT2D eigenvalue weighted by atomic mass is 9.86. The number of imidazole rings is 2. The van der Waals surface area contributed by atoms with E-state index in [2.05, 4.69) is 82.0 Å². The number of nitrogens with zero attached hydrogens (tertiary/aromatic N) is 5. The van der Waals surface area contributed by atoms with Crippen LogP contribution in [0.1, 0.15) is 26.3 Å². The van der Waals surface area contributed by atoms with Crippen LogP contribution in [0.15, 0.2) is 97.8 Å². The molecule has 5 aromatic heterocycles. The zero-order valence-electron chi connectivity index (χ0n) is 21.9. The Kier molecular flexibility index (Phi) is 4.39. The van der Waals surface area contributed by atoms with Gasteiger partial charge in [-0.05, 0) is 70.3 Å². The molecule has 0 fully saturated rings. The maximum Gasteiger partial charge on any atom is 0.145 e. The minimum atomic E-state index is 0.0682. The molecule has 0 aliphatic heterocycles. The van der Waals surface area contributed by atoms with Gasteiger partial charge in [0.05, 0.1) is 17.2 Å². The molecule has 0 saturated heterocycles. The highest BCUT2D eigenvalue weighted by Crippen LogP contribution is 2.37. The Balaban J connectivity index is 1.28. The van der Waals surface area contributed by atoms with Gasteiger partial charge >= 0.3 is 0 Å². The van der Waals surface area contributed by atoms with Crippen LogP contribution in [0.4, 0.5) is 0 Å². The van der Waals surface area contributed by atoms with Crippen molar-refractivity contribution < 1.29 is 4.74 Å². The van der Waals surface area contributed by atoms with Crippen LogP contribution in [0.3, 0.4) is 0 Å². The van der Waals surface area contributed by atoms with Gasteiger partial charge < -0.3 is 4.74 Å². The summed E-state index contributed by atoms with van der Waals surface area (Å²) >= 11 is 0. The number of hydrogen-bond donors (Lipinski definition) is 0. The fourth-order valence-electron chi connectivity index (χ4n) is 5.77. The molecule has 0 N–H and O–H groups in total. The van der Waals surface area contributed by atoms with Gasteiger partial charge in [0.25, 0.3) is 0 Å². The SMILES string of the molecule is CC(C)(C)c1ccc2c3ccc(Oc4ccc5c6ccncc6n6ccnc6c5c4)cc3c3nccn3c2c1. The molecule has 0 aliphatic carbocycles. The number of hydrogen-bond acceptors (Lipinski definition) is 4. The molecule has 0 radical (unpaired) electrons. The summed E-state index contributed by atoms with van der Waals surface area (Å²) < 4.78 is 10.7. The normalized spacial score (nSPS) is 12.5. The monoisotopic (exact) mass is 507 g/mol. The zero-order chi connectivity index (χ0) is 26.3. The van der Waals surface area contributed by atoms with Gasteiger partial charge in [-0.1, -0.05) is 32.9 Å². The molecule has 8 aromatic rings. The second-order valence-corrected chi connectivity index (χ2v) is 11.1. The summed E-state index contributed by atoms with van der Waals surface area (Å²) in [6.45, 7) is 6.73. The molecule has 39 heavy (non-hydrogen) atoms. The first-order valence-corrected chi connectivity index (χ1v) is 13.1. The first-order valence-electron chi connectivity index (χ1n) is 13.1. The molecule has 0 saturated carbocycles. The quantitative estimate of drug-likeness (QED) is 0.222. The molecule has 0 unspecified atom stereocenters. The van der Waals surface area contributed by atoms with E-state index in [-0.39, 0.29) is 5.41 Å². The van der Waals surface area contributed by atoms with Crippen LogP contribution in [-0.2, 0) is 5.41 Å². The third-order valence-electron chi connectivity index (χ3n) is 7.74. The van der Waals surface area contributed by atoms with Crippen molar-refractivity contribution in [2.75, 3.05) is 0 Å². The molecule has 0 atom stereocenters. The Morgan fingerprint density at radius 3 is 1.82 bits per heavy atom. The van der Waals surface area contributed by atoms with Crippen molar-refractivity contribution in [2.24, 2.45) is 0 Å². The maximum atomic E-state index is 6.45. The number of aromatic nitrogens is 5. The summed E-state index contributed by atoms with van der Waals surface area (Å²) in [5.74, 6) is 1.52. The largest absolute Gasteiger partial charge is 0.457 e. The van der Waals surface area contributed by atoms with Gasteiger partial charge in [0.15, 0.2) is 0 Å².